The van der Waals surface area contributed by atoms with Gasteiger partial charge in [-0.1, -0.05) is 6.92 Å². The summed E-state index contributed by atoms with van der Waals surface area (Å²) in [7, 11) is 3.25. The van der Waals surface area contributed by atoms with Crippen molar-refractivity contribution in [3.8, 4) is 11.5 Å². The Labute approximate surface area is 134 Å². The van der Waals surface area contributed by atoms with E-state index in [1.54, 1.807) is 18.7 Å². The molecule has 0 radical (unpaired) electrons. The second-order valence-electron chi connectivity index (χ2n) is 5.07. The maximum atomic E-state index is 5.43. The summed E-state index contributed by atoms with van der Waals surface area (Å²) in [5.74, 6) is 3.54. The Hall–Kier alpha value is -2.83. The van der Waals surface area contributed by atoms with Crippen LogP contribution in [0.3, 0.4) is 0 Å². The van der Waals surface area contributed by atoms with E-state index in [2.05, 4.69) is 20.4 Å². The van der Waals surface area contributed by atoms with Gasteiger partial charge in [-0.15, -0.1) is 5.10 Å². The van der Waals surface area contributed by atoms with Crippen LogP contribution in [0, 0.1) is 6.92 Å². The summed E-state index contributed by atoms with van der Waals surface area (Å²) in [5.41, 5.74) is 1.68. The standard InChI is InChI=1S/C16H19N5O2/c1-5-14-19-16-17-10(2)8-15(21(16)20-14)18-12-7-6-11(22-3)9-13(12)23-4/h6-9,18H,5H2,1-4H3. The van der Waals surface area contributed by atoms with Gasteiger partial charge in [0.2, 0.25) is 0 Å². The Morgan fingerprint density at radius 2 is 1.96 bits per heavy atom. The van der Waals surface area contributed by atoms with Crippen LogP contribution in [0.1, 0.15) is 18.4 Å². The molecule has 0 bridgehead atoms. The fraction of sp³-hybridized carbons (Fsp3) is 0.312. The van der Waals surface area contributed by atoms with Crippen molar-refractivity contribution in [1.29, 1.82) is 0 Å². The average molecular weight is 313 g/mol. The molecule has 0 saturated carbocycles. The fourth-order valence-corrected chi connectivity index (χ4v) is 2.31. The summed E-state index contributed by atoms with van der Waals surface area (Å²) >= 11 is 0. The number of hydrogen-bond donors (Lipinski definition) is 1. The molecular formula is C16H19N5O2. The Kier molecular flexibility index (Phi) is 4.01. The summed E-state index contributed by atoms with van der Waals surface area (Å²) in [6.45, 7) is 3.94. The lowest BCUT2D eigenvalue weighted by Crippen LogP contribution is -2.04. The molecule has 3 aromatic rings. The number of aryl methyl sites for hydroxylation is 2. The van der Waals surface area contributed by atoms with E-state index in [0.29, 0.717) is 11.5 Å². The minimum Gasteiger partial charge on any atom is -0.497 e. The Morgan fingerprint density at radius 3 is 2.65 bits per heavy atom. The normalized spacial score (nSPS) is 10.8. The lowest BCUT2D eigenvalue weighted by molar-refractivity contribution is 0.395. The van der Waals surface area contributed by atoms with Gasteiger partial charge >= 0.3 is 0 Å². The van der Waals surface area contributed by atoms with Gasteiger partial charge in [0.15, 0.2) is 5.82 Å². The minimum absolute atomic E-state index is 0.580. The van der Waals surface area contributed by atoms with Crippen LogP contribution in [0.5, 0.6) is 11.5 Å². The largest absolute Gasteiger partial charge is 0.497 e. The SMILES string of the molecule is CCc1nc2nc(C)cc(Nc3ccc(OC)cc3OC)n2n1. The molecule has 0 spiro atoms. The van der Waals surface area contributed by atoms with E-state index in [9.17, 15) is 0 Å². The highest BCUT2D eigenvalue weighted by molar-refractivity contribution is 5.67. The summed E-state index contributed by atoms with van der Waals surface area (Å²) in [6.07, 6.45) is 0.758. The van der Waals surface area contributed by atoms with Crippen molar-refractivity contribution in [3.05, 3.63) is 35.8 Å². The molecule has 0 aliphatic rings. The molecule has 0 atom stereocenters. The first-order chi connectivity index (χ1) is 11.1. The van der Waals surface area contributed by atoms with Crippen LogP contribution in [-0.4, -0.2) is 33.8 Å². The van der Waals surface area contributed by atoms with Crippen LogP contribution in [0.25, 0.3) is 5.78 Å². The topological polar surface area (TPSA) is 73.6 Å². The van der Waals surface area contributed by atoms with Crippen LogP contribution in [0.15, 0.2) is 24.3 Å². The van der Waals surface area contributed by atoms with Crippen LogP contribution < -0.4 is 14.8 Å². The van der Waals surface area contributed by atoms with E-state index in [0.717, 1.165) is 35.2 Å². The van der Waals surface area contributed by atoms with Crippen molar-refractivity contribution < 1.29 is 9.47 Å². The number of methoxy groups -OCH3 is 2. The predicted molar refractivity (Wildman–Crippen MR) is 87.7 cm³/mol. The molecule has 2 heterocycles. The summed E-state index contributed by atoms with van der Waals surface area (Å²) < 4.78 is 12.4. The molecule has 0 unspecified atom stereocenters. The number of benzene rings is 1. The van der Waals surface area contributed by atoms with Gasteiger partial charge in [0, 0.05) is 24.2 Å². The molecule has 0 fully saturated rings. The molecule has 0 saturated heterocycles. The third kappa shape index (κ3) is 2.90. The van der Waals surface area contributed by atoms with Crippen molar-refractivity contribution in [3.63, 3.8) is 0 Å². The van der Waals surface area contributed by atoms with Gasteiger partial charge in [-0.25, -0.2) is 4.98 Å². The third-order valence-corrected chi connectivity index (χ3v) is 3.47. The van der Waals surface area contributed by atoms with Gasteiger partial charge in [-0.3, -0.25) is 0 Å². The van der Waals surface area contributed by atoms with Crippen LogP contribution in [0.2, 0.25) is 0 Å². The van der Waals surface area contributed by atoms with Crippen molar-refractivity contribution in [2.24, 2.45) is 0 Å². The average Bonchev–Trinajstić information content (AvgIpc) is 2.98. The Bertz CT molecular complexity index is 844. The number of nitrogens with zero attached hydrogens (tertiary/aromatic N) is 4. The quantitative estimate of drug-likeness (QED) is 0.781. The summed E-state index contributed by atoms with van der Waals surface area (Å²) in [6, 6.07) is 7.52. The number of fused-ring (bicyclic) bond motifs is 1. The monoisotopic (exact) mass is 313 g/mol. The second-order valence-corrected chi connectivity index (χ2v) is 5.07. The fourth-order valence-electron chi connectivity index (χ4n) is 2.31. The first kappa shape index (κ1) is 15.1. The highest BCUT2D eigenvalue weighted by atomic mass is 16.5. The summed E-state index contributed by atoms with van der Waals surface area (Å²) in [4.78, 5) is 8.83. The lowest BCUT2D eigenvalue weighted by Gasteiger charge is -2.13. The number of ether oxygens (including phenoxy) is 2. The van der Waals surface area contributed by atoms with Crippen molar-refractivity contribution in [2.45, 2.75) is 20.3 Å². The van der Waals surface area contributed by atoms with Crippen LogP contribution in [0.4, 0.5) is 11.5 Å². The second kappa shape index (κ2) is 6.12. The number of nitrogens with one attached hydrogen (secondary N) is 1. The molecule has 3 rings (SSSR count). The smallest absolute Gasteiger partial charge is 0.254 e. The van der Waals surface area contributed by atoms with Gasteiger partial charge in [0.1, 0.15) is 17.3 Å². The number of aromatic nitrogens is 4. The van der Waals surface area contributed by atoms with E-state index >= 15 is 0 Å². The molecule has 23 heavy (non-hydrogen) atoms. The zero-order valence-corrected chi connectivity index (χ0v) is 13.6. The maximum Gasteiger partial charge on any atom is 0.254 e. The molecule has 120 valence electrons. The number of hydrogen-bond acceptors (Lipinski definition) is 6. The van der Waals surface area contributed by atoms with E-state index in [4.69, 9.17) is 9.47 Å². The van der Waals surface area contributed by atoms with Crippen LogP contribution >= 0.6 is 0 Å². The van der Waals surface area contributed by atoms with Gasteiger partial charge in [0.25, 0.3) is 5.78 Å². The zero-order valence-electron chi connectivity index (χ0n) is 13.6. The first-order valence-corrected chi connectivity index (χ1v) is 7.37. The highest BCUT2D eigenvalue weighted by Gasteiger charge is 2.11. The van der Waals surface area contributed by atoms with Gasteiger partial charge in [-0.05, 0) is 19.1 Å². The van der Waals surface area contributed by atoms with E-state index < -0.39 is 0 Å². The molecule has 0 aliphatic heterocycles. The maximum absolute atomic E-state index is 5.43. The highest BCUT2D eigenvalue weighted by Crippen LogP contribution is 2.31. The van der Waals surface area contributed by atoms with Gasteiger partial charge in [-0.2, -0.15) is 9.50 Å². The predicted octanol–water partition coefficient (Wildman–Crippen LogP) is 2.76. The van der Waals surface area contributed by atoms with Crippen molar-refractivity contribution >= 4 is 17.3 Å². The van der Waals surface area contributed by atoms with Gasteiger partial charge < -0.3 is 14.8 Å². The number of anilines is 2. The van der Waals surface area contributed by atoms with Crippen molar-refractivity contribution in [1.82, 2.24) is 19.6 Å². The van der Waals surface area contributed by atoms with Crippen LogP contribution in [-0.2, 0) is 6.42 Å². The molecule has 7 heteroatoms. The third-order valence-electron chi connectivity index (χ3n) is 3.47. The molecule has 1 N–H and O–H groups in total. The van der Waals surface area contributed by atoms with E-state index in [1.807, 2.05) is 38.1 Å². The minimum atomic E-state index is 0.580. The molecule has 0 aliphatic carbocycles. The first-order valence-electron chi connectivity index (χ1n) is 7.37. The molecule has 2 aromatic heterocycles. The lowest BCUT2D eigenvalue weighted by atomic mass is 10.2. The summed E-state index contributed by atoms with van der Waals surface area (Å²) in [5, 5.41) is 7.81. The van der Waals surface area contributed by atoms with E-state index in [1.165, 1.54) is 0 Å². The zero-order chi connectivity index (χ0) is 16.4. The molecule has 1 aromatic carbocycles. The molecule has 7 nitrogen and oxygen atoms in total. The number of rotatable bonds is 5. The molecular weight excluding hydrogens is 294 g/mol. The Balaban J connectivity index is 2.06. The van der Waals surface area contributed by atoms with Gasteiger partial charge in [0.05, 0.1) is 19.9 Å². The van der Waals surface area contributed by atoms with Crippen molar-refractivity contribution in [2.75, 3.05) is 19.5 Å². The van der Waals surface area contributed by atoms with E-state index in [-0.39, 0.29) is 0 Å². The molecule has 0 amide bonds. The Morgan fingerprint density at radius 1 is 1.13 bits per heavy atom.